The number of Topliss-reactive ketones (excluding diaryl/α,β-unsaturated/α-hetero) is 1. The smallest absolute Gasteiger partial charge is 0.173 e. The van der Waals surface area contributed by atoms with E-state index in [2.05, 4.69) is 0 Å². The normalized spacial score (nSPS) is 10.5. The molecule has 19 heavy (non-hydrogen) atoms. The van der Waals surface area contributed by atoms with Gasteiger partial charge in [0.1, 0.15) is 5.82 Å². The highest BCUT2D eigenvalue weighted by atomic mass is 32.2. The molecular formula is C16H15FOS. The lowest BCUT2D eigenvalue weighted by Gasteiger charge is -2.06. The van der Waals surface area contributed by atoms with Crippen molar-refractivity contribution in [3.8, 4) is 0 Å². The van der Waals surface area contributed by atoms with Gasteiger partial charge in [0.05, 0.1) is 5.75 Å². The number of carbonyl (C=O) groups is 1. The van der Waals surface area contributed by atoms with Gasteiger partial charge in [0.15, 0.2) is 5.78 Å². The van der Waals surface area contributed by atoms with Crippen molar-refractivity contribution in [1.82, 2.24) is 0 Å². The van der Waals surface area contributed by atoms with E-state index in [4.69, 9.17) is 0 Å². The van der Waals surface area contributed by atoms with Crippen LogP contribution in [0.4, 0.5) is 4.39 Å². The van der Waals surface area contributed by atoms with Crippen LogP contribution in [0.2, 0.25) is 0 Å². The van der Waals surface area contributed by atoms with Gasteiger partial charge in [0, 0.05) is 10.5 Å². The summed E-state index contributed by atoms with van der Waals surface area (Å²) in [6.45, 7) is 3.78. The molecule has 0 aliphatic carbocycles. The number of halogens is 1. The van der Waals surface area contributed by atoms with Crippen molar-refractivity contribution in [1.29, 1.82) is 0 Å². The number of hydrogen-bond donors (Lipinski definition) is 0. The zero-order valence-corrected chi connectivity index (χ0v) is 11.8. The standard InChI is InChI=1S/C16H15FOS/c1-11-5-3-4-6-16(11)19-10-15(18)14-8-7-13(17)9-12(14)2/h3-9H,10H2,1-2H3. The first-order valence-corrected chi connectivity index (χ1v) is 7.04. The molecule has 0 spiro atoms. The maximum atomic E-state index is 13.0. The second kappa shape index (κ2) is 6.02. The summed E-state index contributed by atoms with van der Waals surface area (Å²) >= 11 is 1.52. The molecule has 3 heteroatoms. The quantitative estimate of drug-likeness (QED) is 0.606. The van der Waals surface area contributed by atoms with Crippen LogP contribution in [-0.4, -0.2) is 11.5 Å². The predicted molar refractivity (Wildman–Crippen MR) is 77.4 cm³/mol. The van der Waals surface area contributed by atoms with Gasteiger partial charge in [0.2, 0.25) is 0 Å². The highest BCUT2D eigenvalue weighted by Gasteiger charge is 2.10. The van der Waals surface area contributed by atoms with Crippen molar-refractivity contribution >= 4 is 17.5 Å². The zero-order chi connectivity index (χ0) is 13.8. The van der Waals surface area contributed by atoms with E-state index in [0.717, 1.165) is 10.5 Å². The molecule has 0 N–H and O–H groups in total. The van der Waals surface area contributed by atoms with E-state index in [0.29, 0.717) is 16.9 Å². The summed E-state index contributed by atoms with van der Waals surface area (Å²) in [5.74, 6) is 0.100. The van der Waals surface area contributed by atoms with E-state index in [1.54, 1.807) is 13.0 Å². The van der Waals surface area contributed by atoms with Crippen LogP contribution in [0.5, 0.6) is 0 Å². The fraction of sp³-hybridized carbons (Fsp3) is 0.188. The van der Waals surface area contributed by atoms with Crippen molar-refractivity contribution in [2.24, 2.45) is 0 Å². The van der Waals surface area contributed by atoms with Crippen LogP contribution in [0, 0.1) is 19.7 Å². The van der Waals surface area contributed by atoms with E-state index in [-0.39, 0.29) is 11.6 Å². The van der Waals surface area contributed by atoms with E-state index in [1.807, 2.05) is 31.2 Å². The monoisotopic (exact) mass is 274 g/mol. The number of carbonyl (C=O) groups excluding carboxylic acids is 1. The fourth-order valence-corrected chi connectivity index (χ4v) is 2.79. The van der Waals surface area contributed by atoms with Gasteiger partial charge in [-0.25, -0.2) is 4.39 Å². The molecule has 2 aromatic rings. The van der Waals surface area contributed by atoms with E-state index >= 15 is 0 Å². The fourth-order valence-electron chi connectivity index (χ4n) is 1.88. The SMILES string of the molecule is Cc1ccccc1SCC(=O)c1ccc(F)cc1C. The molecule has 0 saturated heterocycles. The maximum Gasteiger partial charge on any atom is 0.173 e. The Bertz CT molecular complexity index is 607. The topological polar surface area (TPSA) is 17.1 Å². The number of aryl methyl sites for hydroxylation is 2. The van der Waals surface area contributed by atoms with Gasteiger partial charge in [-0.2, -0.15) is 0 Å². The van der Waals surface area contributed by atoms with Gasteiger partial charge in [-0.15, -0.1) is 11.8 Å². The Kier molecular flexibility index (Phi) is 4.38. The highest BCUT2D eigenvalue weighted by Crippen LogP contribution is 2.23. The molecule has 0 amide bonds. The van der Waals surface area contributed by atoms with Crippen LogP contribution in [0.3, 0.4) is 0 Å². The van der Waals surface area contributed by atoms with Gasteiger partial charge < -0.3 is 0 Å². The average molecular weight is 274 g/mol. The average Bonchev–Trinajstić information content (AvgIpc) is 2.37. The number of ketones is 1. The molecule has 0 heterocycles. The van der Waals surface area contributed by atoms with Crippen LogP contribution < -0.4 is 0 Å². The van der Waals surface area contributed by atoms with E-state index in [1.165, 1.54) is 23.9 Å². The van der Waals surface area contributed by atoms with Gasteiger partial charge >= 0.3 is 0 Å². The minimum atomic E-state index is -0.305. The minimum absolute atomic E-state index is 0.0331. The third kappa shape index (κ3) is 3.44. The molecule has 0 bridgehead atoms. The third-order valence-electron chi connectivity index (χ3n) is 2.94. The van der Waals surface area contributed by atoms with Crippen molar-refractivity contribution in [2.75, 3.05) is 5.75 Å². The summed E-state index contributed by atoms with van der Waals surface area (Å²) in [7, 11) is 0. The molecule has 0 saturated carbocycles. The van der Waals surface area contributed by atoms with Crippen LogP contribution in [0.25, 0.3) is 0 Å². The van der Waals surface area contributed by atoms with Crippen molar-refractivity contribution in [3.63, 3.8) is 0 Å². The summed E-state index contributed by atoms with van der Waals surface area (Å²) in [5.41, 5.74) is 2.45. The molecule has 0 aliphatic rings. The van der Waals surface area contributed by atoms with E-state index < -0.39 is 0 Å². The molecule has 0 aliphatic heterocycles. The van der Waals surface area contributed by atoms with Crippen molar-refractivity contribution < 1.29 is 9.18 Å². The largest absolute Gasteiger partial charge is 0.293 e. The number of rotatable bonds is 4. The lowest BCUT2D eigenvalue weighted by Crippen LogP contribution is -2.05. The predicted octanol–water partition coefficient (Wildman–Crippen LogP) is 4.42. The Morgan fingerprint density at radius 3 is 2.53 bits per heavy atom. The Balaban J connectivity index is 2.08. The molecule has 0 unspecified atom stereocenters. The molecule has 0 fully saturated rings. The molecule has 2 aromatic carbocycles. The van der Waals surface area contributed by atoms with Crippen LogP contribution in [0.15, 0.2) is 47.4 Å². The molecule has 0 aromatic heterocycles. The van der Waals surface area contributed by atoms with E-state index in [9.17, 15) is 9.18 Å². The number of benzene rings is 2. The lowest BCUT2D eigenvalue weighted by molar-refractivity contribution is 0.102. The Labute approximate surface area is 116 Å². The molecule has 98 valence electrons. The molecule has 2 rings (SSSR count). The van der Waals surface area contributed by atoms with Crippen LogP contribution >= 0.6 is 11.8 Å². The summed E-state index contributed by atoms with van der Waals surface area (Å²) in [6, 6.07) is 12.3. The molecular weight excluding hydrogens is 259 g/mol. The second-order valence-corrected chi connectivity index (χ2v) is 5.45. The highest BCUT2D eigenvalue weighted by molar-refractivity contribution is 8.00. The second-order valence-electron chi connectivity index (χ2n) is 4.44. The van der Waals surface area contributed by atoms with Crippen LogP contribution in [0.1, 0.15) is 21.5 Å². The molecule has 0 radical (unpaired) electrons. The van der Waals surface area contributed by atoms with Crippen molar-refractivity contribution in [3.05, 3.63) is 65.0 Å². The summed E-state index contributed by atoms with van der Waals surface area (Å²) in [6.07, 6.45) is 0. The number of thioether (sulfide) groups is 1. The van der Waals surface area contributed by atoms with Crippen molar-refractivity contribution in [2.45, 2.75) is 18.7 Å². The molecule has 1 nitrogen and oxygen atoms in total. The third-order valence-corrected chi connectivity index (χ3v) is 4.12. The van der Waals surface area contributed by atoms with Gasteiger partial charge in [-0.1, -0.05) is 18.2 Å². The first-order valence-electron chi connectivity index (χ1n) is 6.05. The Morgan fingerprint density at radius 2 is 1.84 bits per heavy atom. The lowest BCUT2D eigenvalue weighted by atomic mass is 10.1. The zero-order valence-electron chi connectivity index (χ0n) is 10.9. The Hall–Kier alpha value is -1.61. The minimum Gasteiger partial charge on any atom is -0.293 e. The summed E-state index contributed by atoms with van der Waals surface area (Å²) in [5, 5.41) is 0. The summed E-state index contributed by atoms with van der Waals surface area (Å²) in [4.78, 5) is 13.2. The first kappa shape index (κ1) is 13.8. The Morgan fingerprint density at radius 1 is 1.11 bits per heavy atom. The van der Waals surface area contributed by atoms with Crippen LogP contribution in [-0.2, 0) is 0 Å². The van der Waals surface area contributed by atoms with Gasteiger partial charge in [0.25, 0.3) is 0 Å². The van der Waals surface area contributed by atoms with Gasteiger partial charge in [-0.3, -0.25) is 4.79 Å². The molecule has 0 atom stereocenters. The first-order chi connectivity index (χ1) is 9.08. The number of hydrogen-bond acceptors (Lipinski definition) is 2. The summed E-state index contributed by atoms with van der Waals surface area (Å²) < 4.78 is 13.0. The maximum absolute atomic E-state index is 13.0. The van der Waals surface area contributed by atoms with Gasteiger partial charge in [-0.05, 0) is 49.2 Å².